The van der Waals surface area contributed by atoms with Crippen molar-refractivity contribution in [2.75, 3.05) is 31.6 Å². The van der Waals surface area contributed by atoms with Crippen LogP contribution in [0.25, 0.3) is 22.6 Å². The van der Waals surface area contributed by atoms with Crippen LogP contribution in [0.15, 0.2) is 36.5 Å². The molecular formula is C23H28FN7O2. The summed E-state index contributed by atoms with van der Waals surface area (Å²) < 4.78 is 25.2. The van der Waals surface area contributed by atoms with E-state index in [4.69, 9.17) is 25.2 Å². The van der Waals surface area contributed by atoms with Crippen molar-refractivity contribution in [2.24, 2.45) is 5.73 Å². The van der Waals surface area contributed by atoms with Gasteiger partial charge in [-0.1, -0.05) is 0 Å². The highest BCUT2D eigenvalue weighted by Gasteiger charge is 2.32. The third kappa shape index (κ3) is 5.03. The number of anilines is 1. The van der Waals surface area contributed by atoms with E-state index in [2.05, 4.69) is 20.6 Å². The number of hydrogen-bond donors (Lipinski definition) is 4. The Kier molecular flexibility index (Phi) is 6.07. The van der Waals surface area contributed by atoms with Crippen molar-refractivity contribution in [3.05, 3.63) is 48.2 Å². The molecule has 5 N–H and O–H groups in total. The Bertz CT molecular complexity index is 1090. The Morgan fingerprint density at radius 3 is 2.55 bits per heavy atom. The average molecular weight is 454 g/mol. The molecule has 2 aliphatic heterocycles. The summed E-state index contributed by atoms with van der Waals surface area (Å²) in [4.78, 5) is 17.2. The second kappa shape index (κ2) is 9.14. The quantitative estimate of drug-likeness (QED) is 0.465. The summed E-state index contributed by atoms with van der Waals surface area (Å²) in [6.07, 6.45) is 3.07. The predicted molar refractivity (Wildman–Crippen MR) is 122 cm³/mol. The summed E-state index contributed by atoms with van der Waals surface area (Å²) in [7, 11) is 0. The molecular weight excluding hydrogens is 425 g/mol. The van der Waals surface area contributed by atoms with Gasteiger partial charge in [0.05, 0.1) is 35.8 Å². The molecule has 174 valence electrons. The molecule has 0 saturated carbocycles. The average Bonchev–Trinajstić information content (AvgIpc) is 3.26. The van der Waals surface area contributed by atoms with Crippen LogP contribution in [0, 0.1) is 5.82 Å². The maximum atomic E-state index is 13.6. The fourth-order valence-corrected chi connectivity index (χ4v) is 4.00. The van der Waals surface area contributed by atoms with Crippen LogP contribution < -0.4 is 16.4 Å². The third-order valence-electron chi connectivity index (χ3n) is 5.78. The number of ether oxygens (including phenoxy) is 2. The second-order valence-electron chi connectivity index (χ2n) is 8.89. The molecule has 3 aromatic rings. The van der Waals surface area contributed by atoms with Gasteiger partial charge in [0.2, 0.25) is 12.2 Å². The minimum atomic E-state index is -0.677. The molecule has 0 atom stereocenters. The van der Waals surface area contributed by atoms with Crippen LogP contribution in [0.3, 0.4) is 0 Å². The van der Waals surface area contributed by atoms with Crippen molar-refractivity contribution in [2.45, 2.75) is 37.6 Å². The van der Waals surface area contributed by atoms with E-state index in [-0.39, 0.29) is 5.82 Å². The van der Waals surface area contributed by atoms with Gasteiger partial charge in [0, 0.05) is 17.8 Å². The molecule has 1 aromatic carbocycles. The fourth-order valence-electron chi connectivity index (χ4n) is 4.00. The van der Waals surface area contributed by atoms with E-state index >= 15 is 0 Å². The molecule has 2 aliphatic rings. The second-order valence-corrected chi connectivity index (χ2v) is 8.89. The van der Waals surface area contributed by atoms with Crippen LogP contribution in [0.1, 0.15) is 31.9 Å². The van der Waals surface area contributed by atoms with Crippen LogP contribution in [0.5, 0.6) is 0 Å². The van der Waals surface area contributed by atoms with Gasteiger partial charge in [0.15, 0.2) is 5.82 Å². The van der Waals surface area contributed by atoms with Gasteiger partial charge in [-0.2, -0.15) is 0 Å². The zero-order valence-corrected chi connectivity index (χ0v) is 18.5. The summed E-state index contributed by atoms with van der Waals surface area (Å²) in [6.45, 7) is 4.51. The Balaban J connectivity index is 1.48. The van der Waals surface area contributed by atoms with Gasteiger partial charge in [-0.3, -0.25) is 0 Å². The predicted octanol–water partition coefficient (Wildman–Crippen LogP) is 2.60. The summed E-state index contributed by atoms with van der Waals surface area (Å²) in [6, 6.07) is 8.33. The lowest BCUT2D eigenvalue weighted by molar-refractivity contribution is -0.211. The highest BCUT2D eigenvalue weighted by Crippen LogP contribution is 2.33. The summed E-state index contributed by atoms with van der Waals surface area (Å²) >= 11 is 0. The van der Waals surface area contributed by atoms with Crippen LogP contribution in [0.4, 0.5) is 10.3 Å². The monoisotopic (exact) mass is 453 g/mol. The zero-order valence-electron chi connectivity index (χ0n) is 18.5. The number of hydrogen-bond acceptors (Lipinski definition) is 8. The smallest absolute Gasteiger partial charge is 0.223 e. The first kappa shape index (κ1) is 21.9. The maximum Gasteiger partial charge on any atom is 0.223 e. The van der Waals surface area contributed by atoms with E-state index in [1.54, 1.807) is 18.3 Å². The van der Waals surface area contributed by atoms with E-state index in [9.17, 15) is 4.39 Å². The standard InChI is InChI=1S/C23H28FN7O2/c1-23(25)12-32-21(33-13-23)20-30-18(14-2-4-15(24)5-3-14)19(31-20)17-8-11-27-22(29-17)28-16-6-9-26-10-7-16/h2-5,8,11,16,21,26H,6-7,9-10,12-13,25H2,1H3,(H,30,31)(H,27,28,29). The molecule has 4 heterocycles. The number of aromatic nitrogens is 4. The molecule has 2 saturated heterocycles. The van der Waals surface area contributed by atoms with Crippen molar-refractivity contribution in [1.82, 2.24) is 25.3 Å². The molecule has 0 bridgehead atoms. The lowest BCUT2D eigenvalue weighted by atomic mass is 10.1. The molecule has 10 heteroatoms. The number of H-pyrrole nitrogens is 1. The lowest BCUT2D eigenvalue weighted by Gasteiger charge is -2.33. The molecule has 0 spiro atoms. The zero-order chi connectivity index (χ0) is 22.8. The largest absolute Gasteiger partial charge is 0.351 e. The molecule has 33 heavy (non-hydrogen) atoms. The number of piperidine rings is 1. The normalized spacial score (nSPS) is 24.0. The van der Waals surface area contributed by atoms with Gasteiger partial charge in [-0.25, -0.2) is 19.3 Å². The Morgan fingerprint density at radius 1 is 1.09 bits per heavy atom. The highest BCUT2D eigenvalue weighted by molar-refractivity contribution is 5.77. The van der Waals surface area contributed by atoms with Crippen molar-refractivity contribution in [3.8, 4) is 22.6 Å². The number of halogens is 1. The summed E-state index contributed by atoms with van der Waals surface area (Å²) in [5, 5.41) is 6.78. The van der Waals surface area contributed by atoms with E-state index in [0.717, 1.165) is 31.5 Å². The molecule has 0 unspecified atom stereocenters. The topological polar surface area (TPSA) is 123 Å². The van der Waals surface area contributed by atoms with E-state index in [1.165, 1.54) is 12.1 Å². The van der Waals surface area contributed by atoms with Crippen LogP contribution in [0.2, 0.25) is 0 Å². The van der Waals surface area contributed by atoms with Crippen molar-refractivity contribution < 1.29 is 13.9 Å². The first-order chi connectivity index (χ1) is 16.0. The number of nitrogens with two attached hydrogens (primary N) is 1. The van der Waals surface area contributed by atoms with E-state index in [1.807, 2.05) is 13.0 Å². The number of nitrogens with one attached hydrogen (secondary N) is 3. The number of rotatable bonds is 5. The van der Waals surface area contributed by atoms with E-state index in [0.29, 0.717) is 48.1 Å². The minimum absolute atomic E-state index is 0.312. The fraction of sp³-hybridized carbons (Fsp3) is 0.435. The lowest BCUT2D eigenvalue weighted by Crippen LogP contribution is -2.50. The molecule has 0 amide bonds. The molecule has 0 radical (unpaired) electrons. The van der Waals surface area contributed by atoms with Gasteiger partial charge >= 0.3 is 0 Å². The minimum Gasteiger partial charge on any atom is -0.351 e. The number of benzene rings is 1. The van der Waals surface area contributed by atoms with E-state index < -0.39 is 11.8 Å². The number of aromatic amines is 1. The number of nitrogens with zero attached hydrogens (tertiary/aromatic N) is 3. The van der Waals surface area contributed by atoms with Gasteiger partial charge in [-0.15, -0.1) is 0 Å². The van der Waals surface area contributed by atoms with Crippen LogP contribution in [-0.4, -0.2) is 57.8 Å². The van der Waals surface area contributed by atoms with Gasteiger partial charge in [0.25, 0.3) is 0 Å². The summed E-state index contributed by atoms with van der Waals surface area (Å²) in [5.41, 5.74) is 8.28. The van der Waals surface area contributed by atoms with Gasteiger partial charge < -0.3 is 30.8 Å². The Labute approximate surface area is 191 Å². The highest BCUT2D eigenvalue weighted by atomic mass is 19.1. The molecule has 2 aromatic heterocycles. The Morgan fingerprint density at radius 2 is 1.82 bits per heavy atom. The van der Waals surface area contributed by atoms with Crippen molar-refractivity contribution in [1.29, 1.82) is 0 Å². The molecule has 9 nitrogen and oxygen atoms in total. The van der Waals surface area contributed by atoms with Crippen molar-refractivity contribution in [3.63, 3.8) is 0 Å². The van der Waals surface area contributed by atoms with Crippen molar-refractivity contribution >= 4 is 5.95 Å². The number of imidazole rings is 1. The maximum absolute atomic E-state index is 13.6. The first-order valence-electron chi connectivity index (χ1n) is 11.2. The Hall–Kier alpha value is -2.92. The molecule has 5 rings (SSSR count). The molecule has 2 fully saturated rings. The first-order valence-corrected chi connectivity index (χ1v) is 11.2. The van der Waals surface area contributed by atoms with Crippen LogP contribution in [-0.2, 0) is 9.47 Å². The van der Waals surface area contributed by atoms with Crippen LogP contribution >= 0.6 is 0 Å². The van der Waals surface area contributed by atoms with Gasteiger partial charge in [0.1, 0.15) is 5.82 Å². The molecule has 0 aliphatic carbocycles. The van der Waals surface area contributed by atoms with Gasteiger partial charge in [-0.05, 0) is 63.2 Å². The summed E-state index contributed by atoms with van der Waals surface area (Å²) in [5.74, 6) is 0.753. The SMILES string of the molecule is CC1(N)COC(c2nc(-c3ccc(F)cc3)c(-c3ccnc(NC4CCNCC4)n3)[nH]2)OC1. The third-order valence-corrected chi connectivity index (χ3v) is 5.78.